The summed E-state index contributed by atoms with van der Waals surface area (Å²) in [6, 6.07) is 1.02. The Labute approximate surface area is 186 Å². The van der Waals surface area contributed by atoms with Crippen LogP contribution in [0.2, 0.25) is 0 Å². The van der Waals surface area contributed by atoms with Crippen molar-refractivity contribution in [3.63, 3.8) is 0 Å². The summed E-state index contributed by atoms with van der Waals surface area (Å²) in [7, 11) is 0. The first kappa shape index (κ1) is 20.5. The number of hydrogen-bond acceptors (Lipinski definition) is 6. The van der Waals surface area contributed by atoms with Gasteiger partial charge in [0.25, 0.3) is 0 Å². The van der Waals surface area contributed by atoms with E-state index in [4.69, 9.17) is 14.2 Å². The van der Waals surface area contributed by atoms with Crippen LogP contribution < -0.4 is 4.74 Å². The molecule has 3 aliphatic carbocycles. The number of piperidine rings is 2. The quantitative estimate of drug-likeness (QED) is 0.633. The van der Waals surface area contributed by atoms with E-state index in [0.717, 1.165) is 49.4 Å². The molecule has 7 nitrogen and oxygen atoms in total. The molecule has 1 aromatic rings. The molecule has 3 saturated carbocycles. The van der Waals surface area contributed by atoms with Gasteiger partial charge in [0, 0.05) is 30.4 Å². The number of likely N-dealkylation sites (tertiary alicyclic amines) is 1. The summed E-state index contributed by atoms with van der Waals surface area (Å²) in [5.41, 5.74) is -0.459. The van der Waals surface area contributed by atoms with Crippen LogP contribution in [-0.4, -0.2) is 56.5 Å². The van der Waals surface area contributed by atoms with E-state index in [9.17, 15) is 4.79 Å². The number of carbonyl (C=O) groups excluding carboxylic acids is 1. The fourth-order valence-electron chi connectivity index (χ4n) is 5.89. The van der Waals surface area contributed by atoms with Gasteiger partial charge in [-0.05, 0) is 81.6 Å². The van der Waals surface area contributed by atoms with Crippen LogP contribution in [0.4, 0.5) is 4.79 Å². The zero-order valence-corrected chi connectivity index (χ0v) is 19.4. The fourth-order valence-corrected chi connectivity index (χ4v) is 6.09. The number of halogens is 1. The van der Waals surface area contributed by atoms with Crippen molar-refractivity contribution in [2.45, 2.75) is 101 Å². The second kappa shape index (κ2) is 7.33. The summed E-state index contributed by atoms with van der Waals surface area (Å²) in [5.74, 6) is 0.472. The van der Waals surface area contributed by atoms with Crippen molar-refractivity contribution in [1.29, 1.82) is 0 Å². The monoisotopic (exact) mass is 479 g/mol. The molecule has 4 atom stereocenters. The topological polar surface area (TPSA) is 73.8 Å². The van der Waals surface area contributed by atoms with E-state index in [1.54, 1.807) is 12.4 Å². The van der Waals surface area contributed by atoms with E-state index >= 15 is 0 Å². The number of rotatable bonds is 4. The van der Waals surface area contributed by atoms with Crippen molar-refractivity contribution < 1.29 is 19.0 Å². The number of amides is 1. The first-order valence-electron chi connectivity index (χ1n) is 11.1. The molecule has 1 aliphatic heterocycles. The zero-order valence-electron chi connectivity index (χ0n) is 17.8. The molecular formula is C22H30BrN3O4. The molecular weight excluding hydrogens is 450 g/mol. The highest BCUT2D eigenvalue weighted by atomic mass is 79.9. The van der Waals surface area contributed by atoms with Gasteiger partial charge in [-0.25, -0.2) is 14.8 Å². The van der Waals surface area contributed by atoms with Crippen molar-refractivity contribution in [2.24, 2.45) is 5.92 Å². The van der Waals surface area contributed by atoms with E-state index in [1.165, 1.54) is 0 Å². The molecule has 0 radical (unpaired) electrons. The summed E-state index contributed by atoms with van der Waals surface area (Å²) in [4.78, 5) is 23.0. The molecule has 1 saturated heterocycles. The van der Waals surface area contributed by atoms with E-state index in [0.29, 0.717) is 18.0 Å². The van der Waals surface area contributed by atoms with Gasteiger partial charge in [-0.1, -0.05) is 0 Å². The highest BCUT2D eigenvalue weighted by Gasteiger charge is 2.70. The average Bonchev–Trinajstić information content (AvgIpc) is 3.11. The van der Waals surface area contributed by atoms with Gasteiger partial charge in [-0.15, -0.1) is 0 Å². The predicted molar refractivity (Wildman–Crippen MR) is 113 cm³/mol. The molecule has 0 aromatic carbocycles. The largest absolute Gasteiger partial charge is 0.460 e. The van der Waals surface area contributed by atoms with E-state index < -0.39 is 5.60 Å². The highest BCUT2D eigenvalue weighted by Crippen LogP contribution is 2.63. The standard InChI is InChI=1S/C22H30BrN3O4/c1-21(2,3)30-20(27)26-14-8-17-18(26)10-22(17,9-14)29-16-6-4-15(5-7-16)28-19-24-11-13(23)12-25-19/h11-12,14-18H,4-10H2,1-3H3/t14-,15?,16?,17?,18-,22+/m0/s1. The Bertz CT molecular complexity index is 804. The molecule has 4 fully saturated rings. The van der Waals surface area contributed by atoms with Gasteiger partial charge in [-0.3, -0.25) is 0 Å². The van der Waals surface area contributed by atoms with Crippen LogP contribution in [0.5, 0.6) is 6.01 Å². The van der Waals surface area contributed by atoms with Gasteiger partial charge in [-0.2, -0.15) is 0 Å². The molecule has 1 amide bonds. The molecule has 0 spiro atoms. The molecule has 2 heterocycles. The lowest BCUT2D eigenvalue weighted by atomic mass is 9.65. The number of ether oxygens (including phenoxy) is 3. The van der Waals surface area contributed by atoms with E-state index in [1.807, 2.05) is 25.7 Å². The maximum atomic E-state index is 12.6. The van der Waals surface area contributed by atoms with Crippen LogP contribution in [0.25, 0.3) is 0 Å². The van der Waals surface area contributed by atoms with Gasteiger partial charge in [0.2, 0.25) is 0 Å². The number of aromatic nitrogens is 2. The number of hydrogen-bond donors (Lipinski definition) is 0. The molecule has 5 rings (SSSR count). The second-order valence-corrected chi connectivity index (χ2v) is 11.2. The Morgan fingerprint density at radius 3 is 2.40 bits per heavy atom. The summed E-state index contributed by atoms with van der Waals surface area (Å²) in [6.45, 7) is 5.78. The predicted octanol–water partition coefficient (Wildman–Crippen LogP) is 4.49. The summed E-state index contributed by atoms with van der Waals surface area (Å²) >= 11 is 3.34. The lowest BCUT2D eigenvalue weighted by Gasteiger charge is -2.57. The number of nitrogens with zero attached hydrogens (tertiary/aromatic N) is 3. The van der Waals surface area contributed by atoms with Crippen molar-refractivity contribution in [2.75, 3.05) is 0 Å². The molecule has 30 heavy (non-hydrogen) atoms. The molecule has 2 bridgehead atoms. The Balaban J connectivity index is 1.12. The van der Waals surface area contributed by atoms with Gasteiger partial charge >= 0.3 is 12.1 Å². The van der Waals surface area contributed by atoms with Crippen molar-refractivity contribution in [1.82, 2.24) is 14.9 Å². The molecule has 1 aromatic heterocycles. The number of carbonyl (C=O) groups is 1. The smallest absolute Gasteiger partial charge is 0.410 e. The van der Waals surface area contributed by atoms with Gasteiger partial charge < -0.3 is 19.1 Å². The lowest BCUT2D eigenvalue weighted by molar-refractivity contribution is -0.216. The van der Waals surface area contributed by atoms with E-state index in [-0.39, 0.29) is 29.9 Å². The molecule has 1 unspecified atom stereocenters. The maximum absolute atomic E-state index is 12.6. The van der Waals surface area contributed by atoms with Crippen LogP contribution in [0.1, 0.15) is 65.7 Å². The molecule has 164 valence electrons. The van der Waals surface area contributed by atoms with Crippen LogP contribution in [-0.2, 0) is 9.47 Å². The van der Waals surface area contributed by atoms with Gasteiger partial charge in [0.05, 0.1) is 16.2 Å². The summed E-state index contributed by atoms with van der Waals surface area (Å²) in [5, 5.41) is 0. The highest BCUT2D eigenvalue weighted by molar-refractivity contribution is 9.10. The Kier molecular flexibility index (Phi) is 5.01. The van der Waals surface area contributed by atoms with Crippen LogP contribution >= 0.6 is 15.9 Å². The molecule has 0 N–H and O–H groups in total. The maximum Gasteiger partial charge on any atom is 0.410 e. The van der Waals surface area contributed by atoms with Gasteiger partial charge in [0.15, 0.2) is 0 Å². The lowest BCUT2D eigenvalue weighted by Crippen LogP contribution is -2.67. The van der Waals surface area contributed by atoms with Crippen LogP contribution in [0.3, 0.4) is 0 Å². The van der Waals surface area contributed by atoms with E-state index in [2.05, 4.69) is 25.9 Å². The summed E-state index contributed by atoms with van der Waals surface area (Å²) < 4.78 is 19.1. The Morgan fingerprint density at radius 2 is 1.80 bits per heavy atom. The van der Waals surface area contributed by atoms with Crippen LogP contribution in [0, 0.1) is 5.92 Å². The third kappa shape index (κ3) is 3.70. The minimum atomic E-state index is -0.446. The third-order valence-corrected chi connectivity index (χ3v) is 7.46. The Morgan fingerprint density at radius 1 is 1.13 bits per heavy atom. The van der Waals surface area contributed by atoms with Crippen molar-refractivity contribution in [3.8, 4) is 6.01 Å². The first-order valence-corrected chi connectivity index (χ1v) is 11.9. The third-order valence-electron chi connectivity index (χ3n) is 7.05. The first-order chi connectivity index (χ1) is 14.2. The molecule has 4 aliphatic rings. The summed E-state index contributed by atoms with van der Waals surface area (Å²) in [6.07, 6.45) is 10.6. The van der Waals surface area contributed by atoms with Gasteiger partial charge in [0.1, 0.15) is 11.7 Å². The van der Waals surface area contributed by atoms with Crippen molar-refractivity contribution in [3.05, 3.63) is 16.9 Å². The zero-order chi connectivity index (χ0) is 21.1. The SMILES string of the molecule is CC(C)(C)OC(=O)N1[C@H]2CC3[C@@H]1C[C@]3(OC1CCC(Oc3ncc(Br)cn3)CC1)C2. The fraction of sp³-hybridized carbons (Fsp3) is 0.773. The number of fused-ring (bicyclic) bond motifs is 1. The van der Waals surface area contributed by atoms with Crippen molar-refractivity contribution >= 4 is 22.0 Å². The minimum Gasteiger partial charge on any atom is -0.460 e. The van der Waals surface area contributed by atoms with Crippen LogP contribution in [0.15, 0.2) is 16.9 Å². The second-order valence-electron chi connectivity index (χ2n) is 10.2. The Hall–Kier alpha value is -1.41. The minimum absolute atomic E-state index is 0.0129. The normalized spacial score (nSPS) is 37.1. The average molecular weight is 480 g/mol. The molecule has 8 heteroatoms.